The molecular weight excluding hydrogens is 289 g/mol. The van der Waals surface area contributed by atoms with Gasteiger partial charge in [-0.05, 0) is 30.5 Å². The Morgan fingerprint density at radius 1 is 1.38 bits per heavy atom. The number of alkyl halides is 1. The van der Waals surface area contributed by atoms with Crippen molar-refractivity contribution in [3.05, 3.63) is 34.3 Å². The zero-order chi connectivity index (χ0) is 11.6. The maximum Gasteiger partial charge on any atom is 0.234 e. The summed E-state index contributed by atoms with van der Waals surface area (Å²) in [6, 6.07) is 8.31. The van der Waals surface area contributed by atoms with Crippen molar-refractivity contribution in [2.45, 2.75) is 18.3 Å². The molecule has 0 heterocycles. The Hall–Kier alpha value is -0.540. The SMILES string of the molecule is O=C(CCl)NCC1(c2ccc(Br)cc2)CC1. The normalized spacial score (nSPS) is 16.9. The van der Waals surface area contributed by atoms with E-state index in [0.717, 1.165) is 17.3 Å². The van der Waals surface area contributed by atoms with Crippen LogP contribution in [0.3, 0.4) is 0 Å². The first-order valence-electron chi connectivity index (χ1n) is 5.25. The van der Waals surface area contributed by atoms with E-state index in [2.05, 4.69) is 33.4 Å². The van der Waals surface area contributed by atoms with Gasteiger partial charge in [-0.1, -0.05) is 28.1 Å². The minimum absolute atomic E-state index is 0.0381. The molecule has 1 N–H and O–H groups in total. The molecule has 86 valence electrons. The van der Waals surface area contributed by atoms with Crippen molar-refractivity contribution in [1.29, 1.82) is 0 Å². The number of benzene rings is 1. The third-order valence-electron chi connectivity index (χ3n) is 3.06. The quantitative estimate of drug-likeness (QED) is 0.852. The maximum absolute atomic E-state index is 11.1. The van der Waals surface area contributed by atoms with Gasteiger partial charge in [0.15, 0.2) is 0 Å². The van der Waals surface area contributed by atoms with Gasteiger partial charge in [0, 0.05) is 16.4 Å². The Morgan fingerprint density at radius 3 is 2.50 bits per heavy atom. The largest absolute Gasteiger partial charge is 0.354 e. The van der Waals surface area contributed by atoms with Gasteiger partial charge in [0.25, 0.3) is 0 Å². The molecule has 2 nitrogen and oxygen atoms in total. The van der Waals surface area contributed by atoms with Crippen LogP contribution in [0.25, 0.3) is 0 Å². The number of carbonyl (C=O) groups is 1. The lowest BCUT2D eigenvalue weighted by molar-refractivity contribution is -0.118. The van der Waals surface area contributed by atoms with Crippen LogP contribution < -0.4 is 5.32 Å². The Balaban J connectivity index is 2.02. The van der Waals surface area contributed by atoms with E-state index in [1.807, 2.05) is 12.1 Å². The molecule has 1 aliphatic carbocycles. The van der Waals surface area contributed by atoms with Crippen LogP contribution in [0, 0.1) is 0 Å². The first-order valence-corrected chi connectivity index (χ1v) is 6.58. The molecule has 0 unspecified atom stereocenters. The van der Waals surface area contributed by atoms with E-state index in [1.165, 1.54) is 5.56 Å². The second-order valence-corrected chi connectivity index (χ2v) is 5.38. The molecule has 0 aliphatic heterocycles. The lowest BCUT2D eigenvalue weighted by atomic mass is 9.96. The van der Waals surface area contributed by atoms with Crippen LogP contribution in [0.15, 0.2) is 28.7 Å². The Bertz CT molecular complexity index is 387. The van der Waals surface area contributed by atoms with E-state index in [-0.39, 0.29) is 17.2 Å². The van der Waals surface area contributed by atoms with Crippen molar-refractivity contribution in [2.75, 3.05) is 12.4 Å². The minimum atomic E-state index is -0.0925. The molecule has 0 radical (unpaired) electrons. The first-order chi connectivity index (χ1) is 7.66. The lowest BCUT2D eigenvalue weighted by Crippen LogP contribution is -2.32. The second-order valence-electron chi connectivity index (χ2n) is 4.20. The van der Waals surface area contributed by atoms with Crippen molar-refractivity contribution in [2.24, 2.45) is 0 Å². The van der Waals surface area contributed by atoms with Crippen molar-refractivity contribution < 1.29 is 4.79 Å². The highest BCUT2D eigenvalue weighted by Gasteiger charge is 2.44. The summed E-state index contributed by atoms with van der Waals surface area (Å²) in [6.07, 6.45) is 2.27. The zero-order valence-corrected chi connectivity index (χ0v) is 11.1. The van der Waals surface area contributed by atoms with Crippen molar-refractivity contribution in [3.8, 4) is 0 Å². The molecule has 2 rings (SSSR count). The second kappa shape index (κ2) is 4.76. The molecular formula is C12H13BrClNO. The molecule has 0 bridgehead atoms. The number of carbonyl (C=O) groups excluding carboxylic acids is 1. The van der Waals surface area contributed by atoms with Gasteiger partial charge in [-0.3, -0.25) is 4.79 Å². The molecule has 1 saturated carbocycles. The average molecular weight is 303 g/mol. The van der Waals surface area contributed by atoms with E-state index in [4.69, 9.17) is 11.6 Å². The lowest BCUT2D eigenvalue weighted by Gasteiger charge is -2.16. The van der Waals surface area contributed by atoms with Crippen LogP contribution in [-0.2, 0) is 10.2 Å². The van der Waals surface area contributed by atoms with Gasteiger partial charge in [-0.25, -0.2) is 0 Å². The van der Waals surface area contributed by atoms with Crippen molar-refractivity contribution >= 4 is 33.4 Å². The Labute approximate surface area is 108 Å². The average Bonchev–Trinajstić information content (AvgIpc) is 3.08. The topological polar surface area (TPSA) is 29.1 Å². The fraction of sp³-hybridized carbons (Fsp3) is 0.417. The zero-order valence-electron chi connectivity index (χ0n) is 8.80. The van der Waals surface area contributed by atoms with E-state index in [9.17, 15) is 4.79 Å². The van der Waals surface area contributed by atoms with Crippen LogP contribution in [0.4, 0.5) is 0 Å². The van der Waals surface area contributed by atoms with Gasteiger partial charge in [-0.2, -0.15) is 0 Å². The Kier molecular flexibility index (Phi) is 3.55. The molecule has 1 aromatic carbocycles. The van der Waals surface area contributed by atoms with Crippen LogP contribution in [0.2, 0.25) is 0 Å². The summed E-state index contributed by atoms with van der Waals surface area (Å²) >= 11 is 8.87. The molecule has 1 fully saturated rings. The molecule has 1 amide bonds. The molecule has 0 aromatic heterocycles. The molecule has 1 aromatic rings. The summed E-state index contributed by atoms with van der Waals surface area (Å²) in [6.45, 7) is 0.695. The smallest absolute Gasteiger partial charge is 0.234 e. The molecule has 0 saturated heterocycles. The Morgan fingerprint density at radius 2 is 2.00 bits per heavy atom. The fourth-order valence-corrected chi connectivity index (χ4v) is 2.20. The molecule has 0 spiro atoms. The third-order valence-corrected chi connectivity index (χ3v) is 3.83. The molecule has 1 aliphatic rings. The molecule has 4 heteroatoms. The molecule has 0 atom stereocenters. The van der Waals surface area contributed by atoms with E-state index in [1.54, 1.807) is 0 Å². The predicted octanol–water partition coefficient (Wildman–Crippen LogP) is 2.84. The number of amides is 1. The van der Waals surface area contributed by atoms with Gasteiger partial charge in [0.05, 0.1) is 0 Å². The summed E-state index contributed by atoms with van der Waals surface area (Å²) in [7, 11) is 0. The van der Waals surface area contributed by atoms with Crippen LogP contribution in [0.1, 0.15) is 18.4 Å². The van der Waals surface area contributed by atoms with Crippen molar-refractivity contribution in [3.63, 3.8) is 0 Å². The van der Waals surface area contributed by atoms with E-state index < -0.39 is 0 Å². The van der Waals surface area contributed by atoms with Gasteiger partial charge >= 0.3 is 0 Å². The summed E-state index contributed by atoms with van der Waals surface area (Å²) in [5.41, 5.74) is 1.45. The van der Waals surface area contributed by atoms with Crippen molar-refractivity contribution in [1.82, 2.24) is 5.32 Å². The van der Waals surface area contributed by atoms with E-state index in [0.29, 0.717) is 6.54 Å². The van der Waals surface area contributed by atoms with Gasteiger partial charge in [-0.15, -0.1) is 11.6 Å². The summed E-state index contributed by atoms with van der Waals surface area (Å²) in [5, 5.41) is 2.87. The van der Waals surface area contributed by atoms with Crippen LogP contribution in [0.5, 0.6) is 0 Å². The summed E-state index contributed by atoms with van der Waals surface area (Å²) in [5.74, 6) is -0.0544. The summed E-state index contributed by atoms with van der Waals surface area (Å²) in [4.78, 5) is 11.1. The first kappa shape index (κ1) is 11.9. The van der Waals surface area contributed by atoms with Gasteiger partial charge in [0.1, 0.15) is 5.88 Å². The summed E-state index contributed by atoms with van der Waals surface area (Å²) < 4.78 is 1.08. The van der Waals surface area contributed by atoms with Gasteiger partial charge < -0.3 is 5.32 Å². The number of nitrogens with one attached hydrogen (secondary N) is 1. The van der Waals surface area contributed by atoms with Crippen LogP contribution in [-0.4, -0.2) is 18.3 Å². The number of hydrogen-bond donors (Lipinski definition) is 1. The fourth-order valence-electron chi connectivity index (χ4n) is 1.84. The van der Waals surface area contributed by atoms with E-state index >= 15 is 0 Å². The van der Waals surface area contributed by atoms with Gasteiger partial charge in [0.2, 0.25) is 5.91 Å². The molecule has 16 heavy (non-hydrogen) atoms. The monoisotopic (exact) mass is 301 g/mol. The maximum atomic E-state index is 11.1. The highest BCUT2D eigenvalue weighted by molar-refractivity contribution is 9.10. The third kappa shape index (κ3) is 2.58. The predicted molar refractivity (Wildman–Crippen MR) is 68.8 cm³/mol. The highest BCUT2D eigenvalue weighted by atomic mass is 79.9. The number of hydrogen-bond acceptors (Lipinski definition) is 1. The highest BCUT2D eigenvalue weighted by Crippen LogP contribution is 2.47. The standard InChI is InChI=1S/C12H13BrClNO/c13-10-3-1-9(2-4-10)12(5-6-12)8-15-11(16)7-14/h1-4H,5-8H2,(H,15,16). The van der Waals surface area contributed by atoms with Crippen LogP contribution >= 0.6 is 27.5 Å². The number of rotatable bonds is 4. The number of halogens is 2. The minimum Gasteiger partial charge on any atom is -0.354 e.